The number of rotatable bonds is 7. The Morgan fingerprint density at radius 3 is 2.77 bits per heavy atom. The van der Waals surface area contributed by atoms with Crippen molar-refractivity contribution in [2.24, 2.45) is 11.1 Å². The molecule has 0 aromatic heterocycles. The van der Waals surface area contributed by atoms with Crippen LogP contribution in [0.5, 0.6) is 0 Å². The van der Waals surface area contributed by atoms with Gasteiger partial charge in [-0.2, -0.15) is 0 Å². The minimum absolute atomic E-state index is 0.158. The number of anilines is 1. The third-order valence-electron chi connectivity index (χ3n) is 5.73. The van der Waals surface area contributed by atoms with Gasteiger partial charge in [-0.25, -0.2) is 4.39 Å². The van der Waals surface area contributed by atoms with Gasteiger partial charge < -0.3 is 16.0 Å². The number of hydrogen-bond donors (Lipinski definition) is 2. The molecule has 1 heterocycles. The van der Waals surface area contributed by atoms with E-state index >= 15 is 0 Å². The molecule has 0 unspecified atom stereocenters. The molecule has 0 saturated heterocycles. The number of fused-ring (bicyclic) bond motifs is 1. The average molecular weight is 360 g/mol. The van der Waals surface area contributed by atoms with Crippen LogP contribution in [0.1, 0.15) is 44.1 Å². The summed E-state index contributed by atoms with van der Waals surface area (Å²) in [5.41, 5.74) is 7.11. The van der Waals surface area contributed by atoms with Crippen molar-refractivity contribution in [3.05, 3.63) is 36.0 Å². The molecule has 1 aliphatic carbocycles. The number of hydrogen-bond acceptors (Lipinski definition) is 3. The van der Waals surface area contributed by atoms with Crippen LogP contribution in [0.25, 0.3) is 0 Å². The first-order valence-electron chi connectivity index (χ1n) is 9.44. The van der Waals surface area contributed by atoms with Crippen LogP contribution < -0.4 is 16.0 Å². The predicted octanol–water partition coefficient (Wildman–Crippen LogP) is 2.33. The molecule has 1 radical (unpaired) electrons. The third kappa shape index (κ3) is 4.17. The molecule has 3 N–H and O–H groups in total. The zero-order chi connectivity index (χ0) is 18.6. The summed E-state index contributed by atoms with van der Waals surface area (Å²) in [4.78, 5) is 26.1. The fourth-order valence-corrected chi connectivity index (χ4v) is 4.12. The van der Waals surface area contributed by atoms with Crippen molar-refractivity contribution in [1.82, 2.24) is 5.32 Å². The van der Waals surface area contributed by atoms with Crippen LogP contribution >= 0.6 is 0 Å². The second-order valence-corrected chi connectivity index (χ2v) is 7.41. The Bertz CT molecular complexity index is 671. The number of nitrogens with zero attached hydrogens (tertiary/aromatic N) is 1. The lowest BCUT2D eigenvalue weighted by atomic mass is 9.70. The number of halogens is 1. The third-order valence-corrected chi connectivity index (χ3v) is 5.73. The smallest absolute Gasteiger partial charge is 0.224 e. The van der Waals surface area contributed by atoms with Crippen molar-refractivity contribution >= 4 is 17.5 Å². The highest BCUT2D eigenvalue weighted by molar-refractivity contribution is 5.87. The highest BCUT2D eigenvalue weighted by atomic mass is 19.1. The zero-order valence-corrected chi connectivity index (χ0v) is 15.1. The Kier molecular flexibility index (Phi) is 5.79. The van der Waals surface area contributed by atoms with Gasteiger partial charge in [0.2, 0.25) is 11.8 Å². The predicted molar refractivity (Wildman–Crippen MR) is 99.0 cm³/mol. The van der Waals surface area contributed by atoms with Gasteiger partial charge in [0.25, 0.3) is 0 Å². The summed E-state index contributed by atoms with van der Waals surface area (Å²) in [6.07, 6.45) is 7.47. The molecule has 1 aliphatic heterocycles. The van der Waals surface area contributed by atoms with E-state index in [0.717, 1.165) is 56.3 Å². The second-order valence-electron chi connectivity index (χ2n) is 7.41. The molecule has 26 heavy (non-hydrogen) atoms. The summed E-state index contributed by atoms with van der Waals surface area (Å²) in [6, 6.07) is 4.84. The van der Waals surface area contributed by atoms with Crippen molar-refractivity contribution in [3.63, 3.8) is 0 Å². The van der Waals surface area contributed by atoms with Crippen LogP contribution in [0.3, 0.4) is 0 Å². The van der Waals surface area contributed by atoms with Gasteiger partial charge >= 0.3 is 0 Å². The fourth-order valence-electron chi connectivity index (χ4n) is 4.12. The lowest BCUT2D eigenvalue weighted by Gasteiger charge is -2.34. The van der Waals surface area contributed by atoms with E-state index < -0.39 is 5.41 Å². The van der Waals surface area contributed by atoms with E-state index in [1.165, 1.54) is 6.07 Å². The van der Waals surface area contributed by atoms with Gasteiger partial charge in [-0.05, 0) is 49.4 Å². The summed E-state index contributed by atoms with van der Waals surface area (Å²) >= 11 is 0. The summed E-state index contributed by atoms with van der Waals surface area (Å²) in [7, 11) is 0. The van der Waals surface area contributed by atoms with Crippen LogP contribution in [0.4, 0.5) is 10.1 Å². The monoisotopic (exact) mass is 360 g/mol. The van der Waals surface area contributed by atoms with Crippen LogP contribution in [0.15, 0.2) is 18.2 Å². The molecule has 6 heteroatoms. The van der Waals surface area contributed by atoms with E-state index in [9.17, 15) is 14.0 Å². The van der Waals surface area contributed by atoms with Crippen molar-refractivity contribution in [3.8, 4) is 0 Å². The molecular weight excluding hydrogens is 333 g/mol. The molecule has 1 aromatic carbocycles. The van der Waals surface area contributed by atoms with E-state index in [1.807, 2.05) is 0 Å². The minimum atomic E-state index is -0.548. The topological polar surface area (TPSA) is 75.4 Å². The number of primary amides is 1. The molecule has 5 nitrogen and oxygen atoms in total. The van der Waals surface area contributed by atoms with Gasteiger partial charge in [0.1, 0.15) is 5.82 Å². The molecule has 1 aromatic rings. The largest absolute Gasteiger partial charge is 0.369 e. The van der Waals surface area contributed by atoms with Crippen molar-refractivity contribution in [2.75, 3.05) is 24.5 Å². The SMILES string of the molecule is NC(=O)C1(C[CH]C(=O)NCCN2CCc3cc(F)ccc32)CCCCC1. The standard InChI is InChI=1S/C20H27FN3O2/c21-16-4-5-17-15(14-16)7-12-24(17)13-11-23-18(25)6-10-20(19(22)26)8-2-1-3-9-20/h4-6,14H,1-3,7-13H2,(H2,22,26)(H,23,25). The number of nitrogens with two attached hydrogens (primary N) is 1. The van der Waals surface area contributed by atoms with E-state index in [-0.39, 0.29) is 17.6 Å². The number of amides is 2. The minimum Gasteiger partial charge on any atom is -0.369 e. The Balaban J connectivity index is 1.43. The number of carbonyl (C=O) groups excluding carboxylic acids is 2. The second kappa shape index (κ2) is 8.06. The van der Waals surface area contributed by atoms with Crippen LogP contribution in [-0.4, -0.2) is 31.4 Å². The Morgan fingerprint density at radius 2 is 2.04 bits per heavy atom. The normalized spacial score (nSPS) is 18.4. The molecule has 1 fully saturated rings. The molecule has 2 aliphatic rings. The van der Waals surface area contributed by atoms with E-state index in [0.29, 0.717) is 19.5 Å². The summed E-state index contributed by atoms with van der Waals surface area (Å²) < 4.78 is 13.3. The van der Waals surface area contributed by atoms with Gasteiger partial charge in [-0.1, -0.05) is 19.3 Å². The average Bonchev–Trinajstić information content (AvgIpc) is 3.03. The Morgan fingerprint density at radius 1 is 1.27 bits per heavy atom. The van der Waals surface area contributed by atoms with Crippen molar-refractivity contribution in [1.29, 1.82) is 0 Å². The van der Waals surface area contributed by atoms with Crippen molar-refractivity contribution in [2.45, 2.75) is 44.9 Å². The van der Waals surface area contributed by atoms with Gasteiger partial charge in [0.15, 0.2) is 0 Å². The Labute approximate surface area is 154 Å². The van der Waals surface area contributed by atoms with Gasteiger partial charge in [-0.3, -0.25) is 9.59 Å². The summed E-state index contributed by atoms with van der Waals surface area (Å²) in [6.45, 7) is 2.03. The van der Waals surface area contributed by atoms with Crippen molar-refractivity contribution < 1.29 is 14.0 Å². The molecule has 0 bridgehead atoms. The quantitative estimate of drug-likeness (QED) is 0.784. The number of carbonyl (C=O) groups is 2. The number of benzene rings is 1. The first-order chi connectivity index (χ1) is 12.5. The molecular formula is C20H27FN3O2. The van der Waals surface area contributed by atoms with Crippen LogP contribution in [0, 0.1) is 17.7 Å². The molecule has 1 saturated carbocycles. The van der Waals surface area contributed by atoms with Crippen LogP contribution in [0.2, 0.25) is 0 Å². The maximum Gasteiger partial charge on any atom is 0.224 e. The molecule has 141 valence electrons. The molecule has 3 rings (SSSR count). The van der Waals surface area contributed by atoms with Crippen LogP contribution in [-0.2, 0) is 16.0 Å². The summed E-state index contributed by atoms with van der Waals surface area (Å²) in [5.74, 6) is -0.656. The molecule has 0 atom stereocenters. The van der Waals surface area contributed by atoms with E-state index in [2.05, 4.69) is 10.2 Å². The zero-order valence-electron chi connectivity index (χ0n) is 15.1. The lowest BCUT2D eigenvalue weighted by molar-refractivity contribution is -0.129. The highest BCUT2D eigenvalue weighted by Crippen LogP contribution is 2.39. The first kappa shape index (κ1) is 18.7. The number of nitrogens with one attached hydrogen (secondary N) is 1. The maximum absolute atomic E-state index is 13.3. The fraction of sp³-hybridized carbons (Fsp3) is 0.550. The summed E-state index contributed by atoms with van der Waals surface area (Å²) in [5, 5.41) is 2.89. The maximum atomic E-state index is 13.3. The Hall–Kier alpha value is -2.11. The molecule has 0 spiro atoms. The van der Waals surface area contributed by atoms with E-state index in [1.54, 1.807) is 18.6 Å². The van der Waals surface area contributed by atoms with Gasteiger partial charge in [0.05, 0.1) is 6.42 Å². The highest BCUT2D eigenvalue weighted by Gasteiger charge is 2.37. The van der Waals surface area contributed by atoms with Gasteiger partial charge in [-0.15, -0.1) is 0 Å². The molecule has 2 amide bonds. The first-order valence-corrected chi connectivity index (χ1v) is 9.44. The van der Waals surface area contributed by atoms with E-state index in [4.69, 9.17) is 5.73 Å². The van der Waals surface area contributed by atoms with Gasteiger partial charge in [0, 0.05) is 30.7 Å². The lowest BCUT2D eigenvalue weighted by Crippen LogP contribution is -2.40.